The van der Waals surface area contributed by atoms with Crippen LogP contribution in [0.4, 0.5) is 0 Å². The number of rotatable bonds is 6. The Hall–Kier alpha value is -0.810. The average molecular weight is 327 g/mol. The van der Waals surface area contributed by atoms with Crippen LogP contribution in [0.3, 0.4) is 0 Å². The molecule has 0 aliphatic carbocycles. The van der Waals surface area contributed by atoms with E-state index in [-0.39, 0.29) is 0 Å². The minimum Gasteiger partial charge on any atom is -0.493 e. The fourth-order valence-electron chi connectivity index (χ4n) is 3.01. The van der Waals surface area contributed by atoms with E-state index in [1.54, 1.807) is 0 Å². The fourth-order valence-corrected chi connectivity index (χ4v) is 3.17. The molecule has 124 valence electrons. The maximum Gasteiger partial charge on any atom is 0.125 e. The number of ether oxygens (including phenoxy) is 1. The number of piperazine rings is 1. The largest absolute Gasteiger partial charge is 0.493 e. The van der Waals surface area contributed by atoms with Crippen molar-refractivity contribution >= 4 is 11.6 Å². The van der Waals surface area contributed by atoms with E-state index in [2.05, 4.69) is 10.2 Å². The topological polar surface area (TPSA) is 44.7 Å². The number of nitrogens with one attached hydrogen (secondary N) is 1. The molecule has 4 nitrogen and oxygen atoms in total. The molecule has 1 unspecified atom stereocenters. The molecule has 1 aromatic rings. The van der Waals surface area contributed by atoms with Crippen molar-refractivity contribution in [1.29, 1.82) is 0 Å². The van der Waals surface area contributed by atoms with E-state index in [0.717, 1.165) is 60.2 Å². The number of aryl methyl sites for hydroxylation is 1. The van der Waals surface area contributed by atoms with E-state index in [1.807, 2.05) is 26.8 Å². The summed E-state index contributed by atoms with van der Waals surface area (Å²) in [6.07, 6.45) is 0.148. The Bertz CT molecular complexity index is 502. The number of aliphatic hydroxyl groups excluding tert-OH is 1. The second-order valence-electron chi connectivity index (χ2n) is 5.87. The van der Waals surface area contributed by atoms with Crippen LogP contribution >= 0.6 is 11.6 Å². The second-order valence-corrected chi connectivity index (χ2v) is 6.25. The zero-order chi connectivity index (χ0) is 16.1. The summed E-state index contributed by atoms with van der Waals surface area (Å²) in [5.74, 6) is 0.759. The van der Waals surface area contributed by atoms with Gasteiger partial charge in [0.25, 0.3) is 0 Å². The summed E-state index contributed by atoms with van der Waals surface area (Å²) in [7, 11) is 0. The molecule has 2 N–H and O–H groups in total. The van der Waals surface area contributed by atoms with Gasteiger partial charge in [-0.3, -0.25) is 0 Å². The first-order valence-corrected chi connectivity index (χ1v) is 8.46. The highest BCUT2D eigenvalue weighted by molar-refractivity contribution is 6.32. The van der Waals surface area contributed by atoms with Crippen molar-refractivity contribution in [1.82, 2.24) is 10.2 Å². The van der Waals surface area contributed by atoms with Gasteiger partial charge in [-0.1, -0.05) is 11.6 Å². The van der Waals surface area contributed by atoms with Gasteiger partial charge < -0.3 is 20.1 Å². The van der Waals surface area contributed by atoms with Gasteiger partial charge in [0, 0.05) is 43.3 Å². The molecule has 1 aliphatic rings. The first-order valence-electron chi connectivity index (χ1n) is 8.08. The van der Waals surface area contributed by atoms with Crippen LogP contribution in [-0.2, 0) is 0 Å². The van der Waals surface area contributed by atoms with Crippen LogP contribution in [-0.4, -0.2) is 49.3 Å². The van der Waals surface area contributed by atoms with Crippen LogP contribution < -0.4 is 10.1 Å². The molecule has 1 heterocycles. The van der Waals surface area contributed by atoms with E-state index in [0.29, 0.717) is 13.0 Å². The molecule has 1 saturated heterocycles. The summed E-state index contributed by atoms with van der Waals surface area (Å²) in [5.41, 5.74) is 2.76. The van der Waals surface area contributed by atoms with Crippen molar-refractivity contribution in [2.75, 3.05) is 39.3 Å². The number of nitrogens with zero attached hydrogens (tertiary/aromatic N) is 1. The van der Waals surface area contributed by atoms with Crippen LogP contribution in [0, 0.1) is 13.8 Å². The predicted molar refractivity (Wildman–Crippen MR) is 91.0 cm³/mol. The van der Waals surface area contributed by atoms with Crippen molar-refractivity contribution in [3.05, 3.63) is 27.8 Å². The molecule has 0 aromatic heterocycles. The van der Waals surface area contributed by atoms with Gasteiger partial charge in [0.1, 0.15) is 5.75 Å². The molecule has 5 heteroatoms. The zero-order valence-corrected chi connectivity index (χ0v) is 14.5. The van der Waals surface area contributed by atoms with Gasteiger partial charge in [-0.15, -0.1) is 0 Å². The highest BCUT2D eigenvalue weighted by Gasteiger charge is 2.21. The third-order valence-electron chi connectivity index (χ3n) is 4.25. The van der Waals surface area contributed by atoms with Gasteiger partial charge in [-0.25, -0.2) is 0 Å². The standard InChI is InChI=1S/C17H27ClN2O2/c1-4-22-15-11-12(2)17(18)13(3)16(15)14(21)5-8-20-9-6-19-7-10-20/h11,14,19,21H,4-10H2,1-3H3. The van der Waals surface area contributed by atoms with Crippen LogP contribution in [0.5, 0.6) is 5.75 Å². The number of halogens is 1. The maximum absolute atomic E-state index is 10.7. The summed E-state index contributed by atoms with van der Waals surface area (Å²) in [6, 6.07) is 1.93. The monoisotopic (exact) mass is 326 g/mol. The first kappa shape index (κ1) is 17.5. The van der Waals surface area contributed by atoms with Crippen molar-refractivity contribution in [3.8, 4) is 5.75 Å². The van der Waals surface area contributed by atoms with E-state index < -0.39 is 6.10 Å². The lowest BCUT2D eigenvalue weighted by Crippen LogP contribution is -2.44. The number of aliphatic hydroxyl groups is 1. The van der Waals surface area contributed by atoms with Crippen LogP contribution in [0.25, 0.3) is 0 Å². The Morgan fingerprint density at radius 1 is 1.36 bits per heavy atom. The van der Waals surface area contributed by atoms with Crippen molar-refractivity contribution < 1.29 is 9.84 Å². The lowest BCUT2D eigenvalue weighted by molar-refractivity contribution is 0.132. The molecule has 22 heavy (non-hydrogen) atoms. The van der Waals surface area contributed by atoms with Crippen molar-refractivity contribution in [2.45, 2.75) is 33.3 Å². The molecular weight excluding hydrogens is 300 g/mol. The fraction of sp³-hybridized carbons (Fsp3) is 0.647. The van der Waals surface area contributed by atoms with Crippen molar-refractivity contribution in [2.24, 2.45) is 0 Å². The van der Waals surface area contributed by atoms with Gasteiger partial charge in [-0.05, 0) is 44.4 Å². The Kier molecular flexibility index (Phi) is 6.50. The summed E-state index contributed by atoms with van der Waals surface area (Å²) >= 11 is 6.36. The molecule has 0 bridgehead atoms. The smallest absolute Gasteiger partial charge is 0.125 e. The summed E-state index contributed by atoms with van der Waals surface area (Å²) in [5, 5.41) is 14.7. The molecule has 1 aliphatic heterocycles. The minimum absolute atomic E-state index is 0.547. The lowest BCUT2D eigenvalue weighted by Gasteiger charge is -2.28. The third-order valence-corrected chi connectivity index (χ3v) is 4.84. The van der Waals surface area contributed by atoms with E-state index in [4.69, 9.17) is 16.3 Å². The number of hydrogen-bond donors (Lipinski definition) is 2. The lowest BCUT2D eigenvalue weighted by atomic mass is 9.97. The van der Waals surface area contributed by atoms with Gasteiger partial charge >= 0.3 is 0 Å². The highest BCUT2D eigenvalue weighted by atomic mass is 35.5. The molecule has 0 amide bonds. The van der Waals surface area contributed by atoms with Crippen LogP contribution in [0.2, 0.25) is 5.02 Å². The minimum atomic E-state index is -0.547. The Labute approximate surface area is 138 Å². The first-order chi connectivity index (χ1) is 10.5. The molecule has 0 saturated carbocycles. The van der Waals surface area contributed by atoms with Crippen molar-refractivity contribution in [3.63, 3.8) is 0 Å². The Balaban J connectivity index is 2.12. The van der Waals surface area contributed by atoms with Crippen LogP contribution in [0.1, 0.15) is 36.1 Å². The quantitative estimate of drug-likeness (QED) is 0.843. The van der Waals surface area contributed by atoms with E-state index in [9.17, 15) is 5.11 Å². The summed E-state index contributed by atoms with van der Waals surface area (Å²) in [6.45, 7) is 11.5. The van der Waals surface area contributed by atoms with E-state index >= 15 is 0 Å². The van der Waals surface area contributed by atoms with Gasteiger partial charge in [-0.2, -0.15) is 0 Å². The maximum atomic E-state index is 10.7. The predicted octanol–water partition coefficient (Wildman–Crippen LogP) is 2.68. The zero-order valence-electron chi connectivity index (χ0n) is 13.8. The second kappa shape index (κ2) is 8.16. The average Bonchev–Trinajstić information content (AvgIpc) is 2.52. The molecule has 1 fully saturated rings. The Morgan fingerprint density at radius 2 is 2.05 bits per heavy atom. The van der Waals surface area contributed by atoms with Gasteiger partial charge in [0.2, 0.25) is 0 Å². The third kappa shape index (κ3) is 4.13. The summed E-state index contributed by atoms with van der Waals surface area (Å²) < 4.78 is 5.72. The number of hydrogen-bond acceptors (Lipinski definition) is 4. The molecular formula is C17H27ClN2O2. The molecule has 2 rings (SSSR count). The molecule has 1 atom stereocenters. The highest BCUT2D eigenvalue weighted by Crippen LogP contribution is 2.37. The summed E-state index contributed by atoms with van der Waals surface area (Å²) in [4.78, 5) is 2.38. The molecule has 1 aromatic carbocycles. The van der Waals surface area contributed by atoms with Crippen LogP contribution in [0.15, 0.2) is 6.07 Å². The van der Waals surface area contributed by atoms with Gasteiger partial charge in [0.05, 0.1) is 12.7 Å². The van der Waals surface area contributed by atoms with Gasteiger partial charge in [0.15, 0.2) is 0 Å². The normalized spacial score (nSPS) is 17.5. The molecule has 0 spiro atoms. The number of benzene rings is 1. The van der Waals surface area contributed by atoms with E-state index in [1.165, 1.54) is 0 Å². The Morgan fingerprint density at radius 3 is 2.68 bits per heavy atom. The molecule has 0 radical (unpaired) electrons. The SMILES string of the molecule is CCOc1cc(C)c(Cl)c(C)c1C(O)CCN1CCNCC1.